The molecule has 0 aliphatic heterocycles. The zero-order valence-corrected chi connectivity index (χ0v) is 6.10. The van der Waals surface area contributed by atoms with Crippen LogP contribution in [0.15, 0.2) is 6.20 Å². The number of aromatic amines is 1. The van der Waals surface area contributed by atoms with Crippen molar-refractivity contribution in [1.29, 1.82) is 0 Å². The smallest absolute Gasteiger partial charge is 0.374 e. The number of H-pyrrole nitrogens is 1. The molecule has 0 spiro atoms. The highest BCUT2D eigenvalue weighted by Gasteiger charge is 2.11. The number of esters is 1. The van der Waals surface area contributed by atoms with Gasteiger partial charge < -0.3 is 14.9 Å². The minimum Gasteiger partial charge on any atom is -0.374 e. The van der Waals surface area contributed by atoms with Crippen LogP contribution in [0.1, 0.15) is 6.92 Å². The molecule has 0 amide bonds. The molecule has 0 aliphatic rings. The van der Waals surface area contributed by atoms with Gasteiger partial charge in [0.05, 0.1) is 0 Å². The second-order valence-corrected chi connectivity index (χ2v) is 1.92. The van der Waals surface area contributed by atoms with Crippen LogP contribution in [-0.2, 0) is 4.79 Å². The van der Waals surface area contributed by atoms with E-state index in [1.807, 2.05) is 0 Å². The number of nitrogens with one attached hydrogen (secondary N) is 1. The van der Waals surface area contributed by atoms with Gasteiger partial charge in [0.1, 0.15) is 6.20 Å². The van der Waals surface area contributed by atoms with Crippen molar-refractivity contribution in [2.45, 2.75) is 6.92 Å². The van der Waals surface area contributed by atoms with Crippen LogP contribution < -0.4 is 4.74 Å². The van der Waals surface area contributed by atoms with E-state index in [1.165, 1.54) is 6.92 Å². The Labute approximate surface area is 66.5 Å². The number of ether oxygens (including phenoxy) is 1. The standard InChI is InChI=1S/C5H5N3O4/c1-3(9)12-5-6-2-4(7-5)8(10)11/h2H,1H3,(H,6,7). The molecular formula is C5H5N3O4. The molecule has 0 atom stereocenters. The number of imidazole rings is 1. The third-order valence-corrected chi connectivity index (χ3v) is 0.976. The quantitative estimate of drug-likeness (QED) is 0.390. The predicted molar refractivity (Wildman–Crippen MR) is 36.6 cm³/mol. The molecule has 0 bridgehead atoms. The Kier molecular flexibility index (Phi) is 2.04. The van der Waals surface area contributed by atoms with E-state index in [2.05, 4.69) is 14.7 Å². The summed E-state index contributed by atoms with van der Waals surface area (Å²) in [4.78, 5) is 25.4. The number of rotatable bonds is 2. The van der Waals surface area contributed by atoms with Crippen LogP contribution in [0.25, 0.3) is 0 Å². The normalized spacial score (nSPS) is 9.42. The molecule has 7 heteroatoms. The largest absolute Gasteiger partial charge is 0.396 e. The molecule has 12 heavy (non-hydrogen) atoms. The molecule has 1 N–H and O–H groups in total. The summed E-state index contributed by atoms with van der Waals surface area (Å²) in [5, 5.41) is 10.1. The number of carbonyl (C=O) groups excluding carboxylic acids is 1. The number of nitrogens with zero attached hydrogens (tertiary/aromatic N) is 2. The molecule has 0 radical (unpaired) electrons. The summed E-state index contributed by atoms with van der Waals surface area (Å²) < 4.78 is 4.44. The van der Waals surface area contributed by atoms with E-state index >= 15 is 0 Å². The van der Waals surface area contributed by atoms with Gasteiger partial charge in [0.25, 0.3) is 0 Å². The van der Waals surface area contributed by atoms with Crippen LogP contribution in [-0.4, -0.2) is 20.9 Å². The molecule has 1 rings (SSSR count). The van der Waals surface area contributed by atoms with E-state index < -0.39 is 10.9 Å². The number of carbonyl (C=O) groups is 1. The fourth-order valence-electron chi connectivity index (χ4n) is 0.575. The second kappa shape index (κ2) is 2.99. The van der Waals surface area contributed by atoms with Gasteiger partial charge in [-0.3, -0.25) is 4.79 Å². The van der Waals surface area contributed by atoms with E-state index in [9.17, 15) is 14.9 Å². The lowest BCUT2D eigenvalue weighted by Crippen LogP contribution is -2.02. The van der Waals surface area contributed by atoms with E-state index in [0.29, 0.717) is 0 Å². The number of hydrogen-bond acceptors (Lipinski definition) is 5. The highest BCUT2D eigenvalue weighted by Crippen LogP contribution is 2.11. The summed E-state index contributed by atoms with van der Waals surface area (Å²) in [6, 6.07) is -0.172. The molecule has 0 fully saturated rings. The maximum absolute atomic E-state index is 10.3. The molecule has 0 saturated carbocycles. The van der Waals surface area contributed by atoms with Gasteiger partial charge in [-0.2, -0.15) is 9.97 Å². The van der Waals surface area contributed by atoms with Gasteiger partial charge in [0.2, 0.25) is 0 Å². The van der Waals surface area contributed by atoms with E-state index in [0.717, 1.165) is 6.20 Å². The van der Waals surface area contributed by atoms with Gasteiger partial charge >= 0.3 is 17.8 Å². The Morgan fingerprint density at radius 3 is 2.92 bits per heavy atom. The first-order chi connectivity index (χ1) is 5.59. The Morgan fingerprint density at radius 1 is 1.83 bits per heavy atom. The Balaban J connectivity index is 2.77. The van der Waals surface area contributed by atoms with Gasteiger partial charge in [-0.1, -0.05) is 0 Å². The molecule has 1 heterocycles. The maximum Gasteiger partial charge on any atom is 0.396 e. The number of aromatic nitrogens is 2. The van der Waals surface area contributed by atoms with Gasteiger partial charge in [0.15, 0.2) is 0 Å². The van der Waals surface area contributed by atoms with E-state index in [-0.39, 0.29) is 11.8 Å². The van der Waals surface area contributed by atoms with Crippen LogP contribution in [0.2, 0.25) is 0 Å². The van der Waals surface area contributed by atoms with Gasteiger partial charge in [-0.25, -0.2) is 0 Å². The van der Waals surface area contributed by atoms with Crippen molar-refractivity contribution in [3.63, 3.8) is 0 Å². The van der Waals surface area contributed by atoms with Crippen LogP contribution in [0.5, 0.6) is 6.01 Å². The molecule has 0 aromatic carbocycles. The Morgan fingerprint density at radius 2 is 2.50 bits per heavy atom. The average Bonchev–Trinajstić information content (AvgIpc) is 2.34. The number of nitro groups is 1. The van der Waals surface area contributed by atoms with Crippen LogP contribution in [0.4, 0.5) is 5.82 Å². The summed E-state index contributed by atoms with van der Waals surface area (Å²) in [6.45, 7) is 1.17. The molecule has 1 aromatic heterocycles. The van der Waals surface area contributed by atoms with Crippen molar-refractivity contribution in [3.8, 4) is 6.01 Å². The Bertz CT molecular complexity index is 318. The highest BCUT2D eigenvalue weighted by molar-refractivity contribution is 5.68. The molecule has 7 nitrogen and oxygen atoms in total. The first kappa shape index (κ1) is 8.18. The fourth-order valence-corrected chi connectivity index (χ4v) is 0.575. The van der Waals surface area contributed by atoms with Gasteiger partial charge in [-0.15, -0.1) is 0 Å². The van der Waals surface area contributed by atoms with Crippen molar-refractivity contribution >= 4 is 11.8 Å². The molecule has 0 aliphatic carbocycles. The molecular weight excluding hydrogens is 166 g/mol. The third kappa shape index (κ3) is 1.78. The molecule has 1 aromatic rings. The first-order valence-electron chi connectivity index (χ1n) is 2.97. The number of hydrogen-bond donors (Lipinski definition) is 1. The van der Waals surface area contributed by atoms with Gasteiger partial charge in [0, 0.05) is 6.92 Å². The van der Waals surface area contributed by atoms with E-state index in [1.54, 1.807) is 0 Å². The summed E-state index contributed by atoms with van der Waals surface area (Å²) >= 11 is 0. The van der Waals surface area contributed by atoms with Crippen molar-refractivity contribution in [3.05, 3.63) is 16.3 Å². The fraction of sp³-hybridized carbons (Fsp3) is 0.200. The predicted octanol–water partition coefficient (Wildman–Crippen LogP) is 0.243. The first-order valence-corrected chi connectivity index (χ1v) is 2.97. The summed E-state index contributed by atoms with van der Waals surface area (Å²) in [7, 11) is 0. The minimum absolute atomic E-state index is 0.172. The maximum atomic E-state index is 10.3. The lowest BCUT2D eigenvalue weighted by Gasteiger charge is -1.89. The second-order valence-electron chi connectivity index (χ2n) is 1.92. The monoisotopic (exact) mass is 171 g/mol. The topological polar surface area (TPSA) is 98.1 Å². The average molecular weight is 171 g/mol. The van der Waals surface area contributed by atoms with Crippen LogP contribution in [0, 0.1) is 10.1 Å². The molecule has 0 unspecified atom stereocenters. The minimum atomic E-state index is -0.667. The summed E-state index contributed by atoms with van der Waals surface area (Å²) in [5.74, 6) is -0.898. The lowest BCUT2D eigenvalue weighted by molar-refractivity contribution is -0.389. The zero-order valence-electron chi connectivity index (χ0n) is 6.10. The SMILES string of the molecule is CC(=O)Oc1ncc([N+](=O)[O-])[nH]1. The van der Waals surface area contributed by atoms with Crippen molar-refractivity contribution in [2.75, 3.05) is 0 Å². The molecule has 0 saturated heterocycles. The van der Waals surface area contributed by atoms with Gasteiger partial charge in [-0.05, 0) is 4.92 Å². The van der Waals surface area contributed by atoms with Crippen LogP contribution in [0.3, 0.4) is 0 Å². The van der Waals surface area contributed by atoms with E-state index in [4.69, 9.17) is 0 Å². The zero-order chi connectivity index (χ0) is 9.14. The Hall–Kier alpha value is -1.92. The third-order valence-electron chi connectivity index (χ3n) is 0.976. The summed E-state index contributed by atoms with van der Waals surface area (Å²) in [6.07, 6.45) is 0.971. The van der Waals surface area contributed by atoms with Crippen LogP contribution >= 0.6 is 0 Å². The molecule has 64 valence electrons. The van der Waals surface area contributed by atoms with Crippen molar-refractivity contribution in [1.82, 2.24) is 9.97 Å². The van der Waals surface area contributed by atoms with Crippen molar-refractivity contribution in [2.24, 2.45) is 0 Å². The lowest BCUT2D eigenvalue weighted by atomic mass is 10.8. The summed E-state index contributed by atoms with van der Waals surface area (Å²) in [5.41, 5.74) is 0. The highest BCUT2D eigenvalue weighted by atomic mass is 16.6. The van der Waals surface area contributed by atoms with Crippen molar-refractivity contribution < 1.29 is 14.5 Å².